The van der Waals surface area contributed by atoms with Gasteiger partial charge in [0.1, 0.15) is 85.1 Å². The van der Waals surface area contributed by atoms with Crippen LogP contribution >= 0.6 is 0 Å². The number of hydrogen-bond acceptors (Lipinski definition) is 22. The number of aromatic nitrogens is 3. The molecule has 5 aliphatic heterocycles. The van der Waals surface area contributed by atoms with Crippen LogP contribution in [-0.2, 0) is 101 Å². The molecule has 7 heterocycles. The zero-order chi connectivity index (χ0) is 88.3. The highest BCUT2D eigenvalue weighted by molar-refractivity contribution is 6.01. The van der Waals surface area contributed by atoms with Gasteiger partial charge in [0.2, 0.25) is 88.6 Å². The Labute approximate surface area is 703 Å². The van der Waals surface area contributed by atoms with Gasteiger partial charge in [0.15, 0.2) is 0 Å². The first kappa shape index (κ1) is 93.9. The number of hydrogen-bond donors (Lipinski definition) is 19. The van der Waals surface area contributed by atoms with Crippen molar-refractivity contribution in [1.82, 2.24) is 93.0 Å². The molecule has 122 heavy (non-hydrogen) atoms. The molecule has 41 nitrogen and oxygen atoms in total. The fraction of sp³-hybridized carbons (Fsp3) is 0.580. The maximum atomic E-state index is 14.9. The first-order chi connectivity index (χ1) is 58.5. The number of aliphatic carboxylic acids is 2. The van der Waals surface area contributed by atoms with Crippen molar-refractivity contribution in [2.45, 2.75) is 233 Å². The van der Waals surface area contributed by atoms with E-state index in [0.717, 1.165) is 11.3 Å². The van der Waals surface area contributed by atoms with Crippen molar-refractivity contribution in [1.29, 1.82) is 0 Å². The highest BCUT2D eigenvalue weighted by Gasteiger charge is 2.48. The predicted molar refractivity (Wildman–Crippen MR) is 434 cm³/mol. The average molecular weight is 1700 g/mol. The number of para-hydroxylation sites is 1. The summed E-state index contributed by atoms with van der Waals surface area (Å²) in [5, 5.41) is 69.7. The van der Waals surface area contributed by atoms with E-state index in [-0.39, 0.29) is 102 Å². The second-order valence-electron chi connectivity index (χ2n) is 31.5. The van der Waals surface area contributed by atoms with Gasteiger partial charge < -0.3 is 120 Å². The van der Waals surface area contributed by atoms with Gasteiger partial charge in [-0.05, 0) is 133 Å². The van der Waals surface area contributed by atoms with Crippen LogP contribution in [0.25, 0.3) is 10.9 Å². The molecule has 41 heteroatoms. The monoisotopic (exact) mass is 1700 g/mol. The normalized spacial score (nSPS) is 20.0. The Morgan fingerprint density at radius 1 is 0.500 bits per heavy atom. The standard InChI is InChI=1S/C81H114N20O21/c1-3-45(2)67(97-72(113)55(36-46-16-5-4-6-17-46)92-73(114)58(42-102)95-71(112)57(38-48-40-84-44-88-48)94-75(116)61-23-13-33-99(61)80(121)63-25-15-35-101(63)81(122)62-24-14-34-100(62)78(119)53-21-11-31-85-53)77(118)90-51(20-9-10-30-82)69(110)89-52(26-28-64(83)104)70(111)91-54(27-29-65(105)106)79(120)98-32-12-22-60(98)76(117)96-59(43-103)74(115)93-56(68(109)87-41-66(107)108)37-47-39-86-50-19-8-7-18-49(47)50/h4-8,16-19,39-40,44-45,51-63,67,85-86,102-103H,3,9-15,20-38,41-43,82H2,1-2H3,(H2,83,104)(H,84,88)(H,87,109)(H,89,110)(H,90,118)(H,91,111)(H,92,114)(H,93,115)(H,94,116)(H,95,112)(H,96,117)(H,97,113)(H,105,106)(H,107,108)/t45-,51-,52-,53-,54-,55-,56-,57-,58-,59-,60-,61-,62-,63-,67-/m0/s1. The Bertz CT molecular complexity index is 4370. The summed E-state index contributed by atoms with van der Waals surface area (Å²) in [5.74, 6) is -16.2. The number of primary amides is 1. The van der Waals surface area contributed by atoms with Crippen molar-refractivity contribution in [2.75, 3.05) is 59.0 Å². The van der Waals surface area contributed by atoms with Crippen molar-refractivity contribution in [3.8, 4) is 0 Å². The number of carboxylic acids is 2. The number of likely N-dealkylation sites (tertiary alicyclic amines) is 4. The molecule has 21 N–H and O–H groups in total. The SMILES string of the molecule is CC[C@H](C)[C@H](NC(=O)[C@H](Cc1ccccc1)NC(=O)[C@H](CO)NC(=O)[C@H](Cc1c[nH]cn1)NC(=O)[C@@H]1CCCN1C(=O)[C@@H]1CCCN1C(=O)[C@@H]1CCCN1C(=O)[C@@H]1CCCN1)C(=O)N[C@@H](CCCCN)C(=O)N[C@@H](CCC(N)=O)C(=O)N[C@@H](CCC(=O)O)C(=O)N1CCC[C@H]1C(=O)N[C@@H](CO)C(=O)N[C@@H](Cc1c[nH]c2ccccc12)C(=O)NCC(=O)O. The van der Waals surface area contributed by atoms with Gasteiger partial charge in [-0.3, -0.25) is 81.5 Å². The van der Waals surface area contributed by atoms with Crippen LogP contribution in [0.5, 0.6) is 0 Å². The third kappa shape index (κ3) is 25.6. The molecule has 4 aromatic rings. The van der Waals surface area contributed by atoms with Gasteiger partial charge in [-0.25, -0.2) is 4.98 Å². The van der Waals surface area contributed by atoms with Crippen LogP contribution in [0.1, 0.15) is 146 Å². The number of nitrogens with two attached hydrogens (primary N) is 2. The number of benzene rings is 2. The van der Waals surface area contributed by atoms with E-state index >= 15 is 0 Å². The maximum Gasteiger partial charge on any atom is 0.322 e. The summed E-state index contributed by atoms with van der Waals surface area (Å²) in [6.07, 6.45) is 6.01. The van der Waals surface area contributed by atoms with E-state index in [4.69, 9.17) is 11.5 Å². The average Bonchev–Trinajstić information content (AvgIpc) is 1.62. The lowest BCUT2D eigenvalue weighted by Gasteiger charge is -2.34. The zero-order valence-corrected chi connectivity index (χ0v) is 68.4. The number of nitrogens with one attached hydrogen (secondary N) is 13. The summed E-state index contributed by atoms with van der Waals surface area (Å²) in [6, 6.07) is -3.78. The topological polar surface area (TPSA) is 613 Å². The van der Waals surface area contributed by atoms with Gasteiger partial charge in [0.25, 0.3) is 0 Å². The molecule has 0 saturated carbocycles. The molecular formula is C81H114N20O21. The number of imidazole rings is 1. The molecular weight excluding hydrogens is 1590 g/mol. The smallest absolute Gasteiger partial charge is 0.322 e. The molecule has 9 rings (SSSR count). The number of carbonyl (C=O) groups excluding carboxylic acids is 15. The van der Waals surface area contributed by atoms with E-state index < -0.39 is 219 Å². The first-order valence-electron chi connectivity index (χ1n) is 41.7. The quantitative estimate of drug-likeness (QED) is 0.0185. The van der Waals surface area contributed by atoms with Gasteiger partial charge in [0.05, 0.1) is 31.3 Å². The number of rotatable bonds is 45. The first-order valence-corrected chi connectivity index (χ1v) is 41.7. The Hall–Kier alpha value is -12.0. The molecule has 5 fully saturated rings. The van der Waals surface area contributed by atoms with E-state index in [0.29, 0.717) is 85.8 Å². The third-order valence-corrected chi connectivity index (χ3v) is 22.9. The number of H-pyrrole nitrogens is 2. The minimum Gasteiger partial charge on any atom is -0.481 e. The van der Waals surface area contributed by atoms with E-state index in [9.17, 15) is 102 Å². The maximum absolute atomic E-state index is 14.9. The number of unbranched alkanes of at least 4 members (excludes halogenated alkanes) is 1. The van der Waals surface area contributed by atoms with Gasteiger partial charge in [-0.2, -0.15) is 0 Å². The number of carboxylic acid groups (broad SMARTS) is 2. The molecule has 0 unspecified atom stereocenters. The fourth-order valence-corrected chi connectivity index (χ4v) is 16.1. The molecule has 2 aromatic heterocycles. The van der Waals surface area contributed by atoms with Crippen LogP contribution in [0.3, 0.4) is 0 Å². The van der Waals surface area contributed by atoms with Crippen molar-refractivity contribution in [2.24, 2.45) is 17.4 Å². The van der Waals surface area contributed by atoms with Crippen LogP contribution in [0.15, 0.2) is 73.3 Å². The molecule has 664 valence electrons. The van der Waals surface area contributed by atoms with Gasteiger partial charge >= 0.3 is 11.9 Å². The Balaban J connectivity index is 0.858. The van der Waals surface area contributed by atoms with Gasteiger partial charge in [0, 0.05) is 81.6 Å². The summed E-state index contributed by atoms with van der Waals surface area (Å²) in [5.41, 5.74) is 13.5. The summed E-state index contributed by atoms with van der Waals surface area (Å²) in [6.45, 7) is 1.96. The number of aliphatic hydroxyl groups excluding tert-OH is 2. The van der Waals surface area contributed by atoms with Crippen molar-refractivity contribution < 1.29 is 102 Å². The van der Waals surface area contributed by atoms with E-state index in [1.54, 1.807) is 79.5 Å². The van der Waals surface area contributed by atoms with Gasteiger partial charge in [-0.1, -0.05) is 68.8 Å². The lowest BCUT2D eigenvalue weighted by atomic mass is 9.96. The van der Waals surface area contributed by atoms with Crippen LogP contribution in [0.4, 0.5) is 0 Å². The minimum atomic E-state index is -1.80. The number of aliphatic hydroxyl groups is 2. The summed E-state index contributed by atoms with van der Waals surface area (Å²) >= 11 is 0. The Kier molecular flexibility index (Phi) is 35.1. The number of nitrogens with zero attached hydrogens (tertiary/aromatic N) is 5. The van der Waals surface area contributed by atoms with Crippen molar-refractivity contribution in [3.63, 3.8) is 0 Å². The van der Waals surface area contributed by atoms with Crippen molar-refractivity contribution >= 4 is 111 Å². The molecule has 2 aromatic carbocycles. The number of amides is 15. The summed E-state index contributed by atoms with van der Waals surface area (Å²) in [7, 11) is 0. The molecule has 15 amide bonds. The van der Waals surface area contributed by atoms with Crippen LogP contribution in [-0.4, -0.2) is 299 Å². The number of fused-ring (bicyclic) bond motifs is 1. The number of carbonyl (C=O) groups is 17. The lowest BCUT2D eigenvalue weighted by molar-refractivity contribution is -0.151. The largest absolute Gasteiger partial charge is 0.481 e. The van der Waals surface area contributed by atoms with E-state index in [1.165, 1.54) is 22.3 Å². The minimum absolute atomic E-state index is 0.0431. The molecule has 0 bridgehead atoms. The molecule has 5 saturated heterocycles. The zero-order valence-electron chi connectivity index (χ0n) is 68.4. The number of aromatic amines is 2. The molecule has 0 spiro atoms. The second kappa shape index (κ2) is 45.6. The van der Waals surface area contributed by atoms with Crippen LogP contribution < -0.4 is 70.0 Å². The Morgan fingerprint density at radius 3 is 1.58 bits per heavy atom. The summed E-state index contributed by atoms with van der Waals surface area (Å²) < 4.78 is 0. The highest BCUT2D eigenvalue weighted by Crippen LogP contribution is 2.31. The van der Waals surface area contributed by atoms with Gasteiger partial charge in [-0.15, -0.1) is 0 Å². The van der Waals surface area contributed by atoms with E-state index in [2.05, 4.69) is 73.4 Å². The highest BCUT2D eigenvalue weighted by atomic mass is 16.4. The van der Waals surface area contributed by atoms with Crippen LogP contribution in [0, 0.1) is 5.92 Å². The fourth-order valence-electron chi connectivity index (χ4n) is 16.1. The van der Waals surface area contributed by atoms with Crippen molar-refractivity contribution in [3.05, 3.63) is 90.1 Å². The predicted octanol–water partition coefficient (Wildman–Crippen LogP) is -4.51. The molecule has 0 aliphatic carbocycles. The second-order valence-corrected chi connectivity index (χ2v) is 31.5. The lowest BCUT2D eigenvalue weighted by Crippen LogP contribution is -2.62. The summed E-state index contributed by atoms with van der Waals surface area (Å²) in [4.78, 5) is 253. The molecule has 5 aliphatic rings. The molecule has 15 atom stereocenters. The van der Waals surface area contributed by atoms with E-state index in [1.807, 2.05) is 0 Å². The third-order valence-electron chi connectivity index (χ3n) is 22.9. The molecule has 0 radical (unpaired) electrons. The van der Waals surface area contributed by atoms with Crippen LogP contribution in [0.2, 0.25) is 0 Å². The Morgan fingerprint density at radius 2 is 1.00 bits per heavy atom.